The molecule has 2 atom stereocenters. The largest absolute Gasteiger partial charge is 0.299 e. The number of carbonyl (C=O) groups excluding carboxylic acids is 1. The first-order chi connectivity index (χ1) is 5.70. The Hall–Kier alpha value is -0.590. The highest BCUT2D eigenvalue weighted by molar-refractivity contribution is 5.86. The van der Waals surface area contributed by atoms with Crippen LogP contribution < -0.4 is 0 Å². The van der Waals surface area contributed by atoms with Gasteiger partial charge in [-0.05, 0) is 39.0 Å². The van der Waals surface area contributed by atoms with Crippen molar-refractivity contribution in [1.82, 2.24) is 0 Å². The number of rotatable bonds is 0. The molecule has 0 aromatic carbocycles. The fraction of sp³-hybridized carbons (Fsp3) is 0.727. The topological polar surface area (TPSA) is 17.1 Å². The molecule has 2 aliphatic rings. The third-order valence-corrected chi connectivity index (χ3v) is 3.38. The van der Waals surface area contributed by atoms with Gasteiger partial charge in [-0.25, -0.2) is 0 Å². The minimum absolute atomic E-state index is 0.343. The van der Waals surface area contributed by atoms with Gasteiger partial charge in [0.15, 0.2) is 0 Å². The summed E-state index contributed by atoms with van der Waals surface area (Å²) in [6, 6.07) is 0. The number of carbonyl (C=O) groups is 1. The quantitative estimate of drug-likeness (QED) is 0.503. The summed E-state index contributed by atoms with van der Waals surface area (Å²) < 4.78 is 0. The number of hydrogen-bond donors (Lipinski definition) is 0. The highest BCUT2D eigenvalue weighted by atomic mass is 16.1. The number of fused-ring (bicyclic) bond motifs is 1. The van der Waals surface area contributed by atoms with Crippen LogP contribution in [0, 0.1) is 11.8 Å². The maximum atomic E-state index is 11.5. The average molecular weight is 164 g/mol. The van der Waals surface area contributed by atoms with Crippen LogP contribution in [0.15, 0.2) is 11.1 Å². The fourth-order valence-corrected chi connectivity index (χ4v) is 2.76. The zero-order valence-electron chi connectivity index (χ0n) is 7.89. The molecule has 0 aromatic heterocycles. The molecule has 12 heavy (non-hydrogen) atoms. The minimum Gasteiger partial charge on any atom is -0.299 e. The van der Waals surface area contributed by atoms with Crippen LogP contribution in [0.25, 0.3) is 0 Å². The van der Waals surface area contributed by atoms with E-state index in [-0.39, 0.29) is 0 Å². The van der Waals surface area contributed by atoms with Crippen LogP contribution in [0.3, 0.4) is 0 Å². The molecule has 0 spiro atoms. The summed E-state index contributed by atoms with van der Waals surface area (Å²) in [5.41, 5.74) is 2.85. The molecular formula is C11H16O. The van der Waals surface area contributed by atoms with E-state index >= 15 is 0 Å². The van der Waals surface area contributed by atoms with Crippen molar-refractivity contribution in [3.63, 3.8) is 0 Å². The third-order valence-electron chi connectivity index (χ3n) is 3.38. The Balaban J connectivity index is 2.32. The summed E-state index contributed by atoms with van der Waals surface area (Å²) in [6.07, 6.45) is 4.44. The van der Waals surface area contributed by atoms with E-state index in [1.54, 1.807) is 0 Å². The summed E-state index contributed by atoms with van der Waals surface area (Å²) >= 11 is 0. The number of ketones is 1. The third kappa shape index (κ3) is 1.03. The summed E-state index contributed by atoms with van der Waals surface area (Å²) in [7, 11) is 0. The molecule has 0 heterocycles. The smallest absolute Gasteiger partial charge is 0.140 e. The summed E-state index contributed by atoms with van der Waals surface area (Å²) in [5.74, 6) is 1.56. The van der Waals surface area contributed by atoms with Crippen molar-refractivity contribution < 1.29 is 4.79 Å². The molecule has 0 saturated heterocycles. The Kier molecular flexibility index (Phi) is 1.82. The molecule has 1 nitrogen and oxygen atoms in total. The second-order valence-corrected chi connectivity index (χ2v) is 4.31. The van der Waals surface area contributed by atoms with Crippen molar-refractivity contribution in [2.45, 2.75) is 39.5 Å². The Morgan fingerprint density at radius 2 is 1.92 bits per heavy atom. The van der Waals surface area contributed by atoms with E-state index < -0.39 is 0 Å². The molecule has 2 saturated carbocycles. The SMILES string of the molecule is CC(C)=C1CC[C@H]2CCC(=O)[C@@H]12. The molecule has 0 N–H and O–H groups in total. The van der Waals surface area contributed by atoms with E-state index in [2.05, 4.69) is 13.8 Å². The van der Waals surface area contributed by atoms with Gasteiger partial charge in [-0.15, -0.1) is 0 Å². The molecule has 66 valence electrons. The van der Waals surface area contributed by atoms with Gasteiger partial charge in [-0.2, -0.15) is 0 Å². The lowest BCUT2D eigenvalue weighted by atomic mass is 9.94. The maximum absolute atomic E-state index is 11.5. The predicted molar refractivity (Wildman–Crippen MR) is 48.8 cm³/mol. The van der Waals surface area contributed by atoms with Crippen molar-refractivity contribution in [3.05, 3.63) is 11.1 Å². The predicted octanol–water partition coefficient (Wildman–Crippen LogP) is 2.71. The normalized spacial score (nSPS) is 34.2. The van der Waals surface area contributed by atoms with Crippen molar-refractivity contribution in [3.8, 4) is 0 Å². The van der Waals surface area contributed by atoms with Gasteiger partial charge in [0.25, 0.3) is 0 Å². The molecule has 0 aliphatic heterocycles. The molecule has 2 rings (SSSR count). The van der Waals surface area contributed by atoms with E-state index in [1.807, 2.05) is 0 Å². The van der Waals surface area contributed by atoms with Gasteiger partial charge in [-0.3, -0.25) is 4.79 Å². The Morgan fingerprint density at radius 3 is 2.58 bits per heavy atom. The molecule has 2 aliphatic carbocycles. The maximum Gasteiger partial charge on any atom is 0.140 e. The monoisotopic (exact) mass is 164 g/mol. The Morgan fingerprint density at radius 1 is 1.25 bits per heavy atom. The summed E-state index contributed by atoms with van der Waals surface area (Å²) in [6.45, 7) is 4.28. The van der Waals surface area contributed by atoms with Gasteiger partial charge in [0, 0.05) is 12.3 Å². The first kappa shape index (κ1) is 8.03. The Bertz CT molecular complexity index is 246. The molecule has 0 unspecified atom stereocenters. The highest BCUT2D eigenvalue weighted by Gasteiger charge is 2.41. The van der Waals surface area contributed by atoms with Gasteiger partial charge < -0.3 is 0 Å². The van der Waals surface area contributed by atoms with Crippen LogP contribution in [-0.4, -0.2) is 5.78 Å². The van der Waals surface area contributed by atoms with E-state index in [4.69, 9.17) is 0 Å². The lowest BCUT2D eigenvalue weighted by Gasteiger charge is -2.10. The molecule has 2 fully saturated rings. The van der Waals surface area contributed by atoms with E-state index in [1.165, 1.54) is 24.0 Å². The van der Waals surface area contributed by atoms with Crippen molar-refractivity contribution in [1.29, 1.82) is 0 Å². The van der Waals surface area contributed by atoms with Gasteiger partial charge in [0.2, 0.25) is 0 Å². The minimum atomic E-state index is 0.343. The van der Waals surface area contributed by atoms with E-state index in [9.17, 15) is 4.79 Å². The zero-order valence-corrected chi connectivity index (χ0v) is 7.89. The van der Waals surface area contributed by atoms with Crippen LogP contribution in [-0.2, 0) is 4.79 Å². The number of Topliss-reactive ketones (excluding diaryl/α,β-unsaturated/α-hetero) is 1. The Labute approximate surface area is 73.8 Å². The van der Waals surface area contributed by atoms with Gasteiger partial charge >= 0.3 is 0 Å². The van der Waals surface area contributed by atoms with Crippen molar-refractivity contribution in [2.75, 3.05) is 0 Å². The van der Waals surface area contributed by atoms with Gasteiger partial charge in [0.05, 0.1) is 0 Å². The average Bonchev–Trinajstić information content (AvgIpc) is 2.53. The van der Waals surface area contributed by atoms with Crippen molar-refractivity contribution in [2.24, 2.45) is 11.8 Å². The molecule has 1 heteroatoms. The van der Waals surface area contributed by atoms with Crippen LogP contribution >= 0.6 is 0 Å². The van der Waals surface area contributed by atoms with Crippen LogP contribution in [0.2, 0.25) is 0 Å². The van der Waals surface area contributed by atoms with Crippen molar-refractivity contribution >= 4 is 5.78 Å². The van der Waals surface area contributed by atoms with Crippen LogP contribution in [0.1, 0.15) is 39.5 Å². The molecule has 0 aromatic rings. The summed E-state index contributed by atoms with van der Waals surface area (Å²) in [5, 5.41) is 0. The van der Waals surface area contributed by atoms with E-state index in [0.29, 0.717) is 17.6 Å². The van der Waals surface area contributed by atoms with Gasteiger partial charge in [-0.1, -0.05) is 11.1 Å². The molecule has 0 bridgehead atoms. The molecule has 0 radical (unpaired) electrons. The second-order valence-electron chi connectivity index (χ2n) is 4.31. The lowest BCUT2D eigenvalue weighted by Crippen LogP contribution is -2.10. The first-order valence-corrected chi connectivity index (χ1v) is 4.89. The standard InChI is InChI=1S/C11H16O/c1-7(2)9-5-3-8-4-6-10(12)11(8)9/h8,11H,3-6H2,1-2H3/t8-,11+/m0/s1. The van der Waals surface area contributed by atoms with Crippen LogP contribution in [0.4, 0.5) is 0 Å². The second kappa shape index (κ2) is 2.72. The number of allylic oxidation sites excluding steroid dienone is 2. The van der Waals surface area contributed by atoms with Gasteiger partial charge in [0.1, 0.15) is 5.78 Å². The molecular weight excluding hydrogens is 148 g/mol. The number of hydrogen-bond acceptors (Lipinski definition) is 1. The summed E-state index contributed by atoms with van der Waals surface area (Å²) in [4.78, 5) is 11.5. The highest BCUT2D eigenvalue weighted by Crippen LogP contribution is 2.46. The van der Waals surface area contributed by atoms with E-state index in [0.717, 1.165) is 12.8 Å². The first-order valence-electron chi connectivity index (χ1n) is 4.89. The lowest BCUT2D eigenvalue weighted by molar-refractivity contribution is -0.119. The molecule has 0 amide bonds. The zero-order chi connectivity index (χ0) is 8.72. The fourth-order valence-electron chi connectivity index (χ4n) is 2.76. The van der Waals surface area contributed by atoms with Crippen LogP contribution in [0.5, 0.6) is 0 Å².